The number of nitrogens with one attached hydrogen (secondary N) is 1. The molecule has 2 unspecified atom stereocenters. The van der Waals surface area contributed by atoms with Crippen LogP contribution >= 0.6 is 0 Å². The number of hydrogen-bond donors (Lipinski definition) is 1. The third-order valence-corrected chi connectivity index (χ3v) is 4.44. The largest absolute Gasteiger partial charge is 0.317 e. The summed E-state index contributed by atoms with van der Waals surface area (Å²) in [6.07, 6.45) is 5.53. The fourth-order valence-electron chi connectivity index (χ4n) is 2.78. The maximum absolute atomic E-state index is 3.40. The van der Waals surface area contributed by atoms with Crippen LogP contribution in [0.1, 0.15) is 53.4 Å². The van der Waals surface area contributed by atoms with E-state index >= 15 is 0 Å². The van der Waals surface area contributed by atoms with Crippen LogP contribution in [0.15, 0.2) is 0 Å². The first-order valence-corrected chi connectivity index (χ1v) is 6.92. The quantitative estimate of drug-likeness (QED) is 0.775. The lowest BCUT2D eigenvalue weighted by atomic mass is 9.83. The van der Waals surface area contributed by atoms with Gasteiger partial charge < -0.3 is 5.32 Å². The summed E-state index contributed by atoms with van der Waals surface area (Å²) in [5, 5.41) is 3.40. The average Bonchev–Trinajstić information content (AvgIpc) is 2.28. The second kappa shape index (κ2) is 6.02. The number of rotatable bonds is 5. The highest BCUT2D eigenvalue weighted by molar-refractivity contribution is 4.86. The van der Waals surface area contributed by atoms with Crippen molar-refractivity contribution in [3.63, 3.8) is 0 Å². The molecule has 1 rings (SSSR count). The van der Waals surface area contributed by atoms with Crippen LogP contribution in [-0.4, -0.2) is 37.1 Å². The Labute approximate surface area is 102 Å². The number of piperidine rings is 1. The second-order valence-electron chi connectivity index (χ2n) is 6.03. The highest BCUT2D eigenvalue weighted by Gasteiger charge is 2.30. The fourth-order valence-corrected chi connectivity index (χ4v) is 2.78. The zero-order chi connectivity index (χ0) is 12.2. The van der Waals surface area contributed by atoms with Gasteiger partial charge in [0.15, 0.2) is 0 Å². The summed E-state index contributed by atoms with van der Waals surface area (Å²) in [6.45, 7) is 11.9. The standard InChI is InChI=1S/C14H30N2/c1-6-13-9-7-8-10-16(13)11-14(3,4)12(2)15-5/h12-13,15H,6-11H2,1-5H3. The first kappa shape index (κ1) is 14.0. The predicted molar refractivity (Wildman–Crippen MR) is 71.8 cm³/mol. The van der Waals surface area contributed by atoms with Gasteiger partial charge in [0, 0.05) is 18.6 Å². The van der Waals surface area contributed by atoms with E-state index in [0.717, 1.165) is 6.04 Å². The molecule has 1 saturated heterocycles. The molecule has 1 heterocycles. The molecule has 1 aliphatic rings. The smallest absolute Gasteiger partial charge is 0.00991 e. The summed E-state index contributed by atoms with van der Waals surface area (Å²) >= 11 is 0. The SMILES string of the molecule is CCC1CCCCN1CC(C)(C)C(C)NC. The topological polar surface area (TPSA) is 15.3 Å². The molecule has 16 heavy (non-hydrogen) atoms. The molecule has 0 bridgehead atoms. The normalized spacial score (nSPS) is 25.7. The van der Waals surface area contributed by atoms with Gasteiger partial charge in [0.25, 0.3) is 0 Å². The minimum absolute atomic E-state index is 0.361. The summed E-state index contributed by atoms with van der Waals surface area (Å²) in [6, 6.07) is 1.41. The molecule has 2 nitrogen and oxygen atoms in total. The fraction of sp³-hybridized carbons (Fsp3) is 1.00. The van der Waals surface area contributed by atoms with Gasteiger partial charge in [0.2, 0.25) is 0 Å². The van der Waals surface area contributed by atoms with Crippen LogP contribution in [0.3, 0.4) is 0 Å². The predicted octanol–water partition coefficient (Wildman–Crippen LogP) is 2.89. The Morgan fingerprint density at radius 1 is 1.38 bits per heavy atom. The van der Waals surface area contributed by atoms with Crippen molar-refractivity contribution in [2.24, 2.45) is 5.41 Å². The van der Waals surface area contributed by atoms with Crippen molar-refractivity contribution in [2.45, 2.75) is 65.5 Å². The van der Waals surface area contributed by atoms with Crippen LogP contribution in [0.2, 0.25) is 0 Å². The van der Waals surface area contributed by atoms with E-state index in [1.54, 1.807) is 0 Å². The summed E-state index contributed by atoms with van der Waals surface area (Å²) in [7, 11) is 2.07. The van der Waals surface area contributed by atoms with Gasteiger partial charge in [0.1, 0.15) is 0 Å². The van der Waals surface area contributed by atoms with E-state index in [9.17, 15) is 0 Å². The van der Waals surface area contributed by atoms with E-state index in [0.29, 0.717) is 11.5 Å². The van der Waals surface area contributed by atoms with Crippen LogP contribution in [0, 0.1) is 5.41 Å². The van der Waals surface area contributed by atoms with E-state index in [2.05, 4.69) is 45.0 Å². The molecule has 0 saturated carbocycles. The van der Waals surface area contributed by atoms with E-state index in [1.807, 2.05) is 0 Å². The summed E-state index contributed by atoms with van der Waals surface area (Å²) in [5.74, 6) is 0. The van der Waals surface area contributed by atoms with Gasteiger partial charge in [-0.05, 0) is 45.2 Å². The molecule has 1 aliphatic heterocycles. The highest BCUT2D eigenvalue weighted by Crippen LogP contribution is 2.27. The van der Waals surface area contributed by atoms with Gasteiger partial charge in [-0.3, -0.25) is 4.90 Å². The maximum Gasteiger partial charge on any atom is 0.00991 e. The summed E-state index contributed by atoms with van der Waals surface area (Å²) < 4.78 is 0. The molecule has 0 aromatic carbocycles. The third-order valence-electron chi connectivity index (χ3n) is 4.44. The van der Waals surface area contributed by atoms with Crippen LogP contribution in [0.4, 0.5) is 0 Å². The molecular formula is C14H30N2. The van der Waals surface area contributed by atoms with Crippen LogP contribution < -0.4 is 5.32 Å². The Hall–Kier alpha value is -0.0800. The number of hydrogen-bond acceptors (Lipinski definition) is 2. The van der Waals surface area contributed by atoms with Gasteiger partial charge in [-0.2, -0.15) is 0 Å². The van der Waals surface area contributed by atoms with Crippen molar-refractivity contribution in [3.8, 4) is 0 Å². The van der Waals surface area contributed by atoms with E-state index < -0.39 is 0 Å². The van der Waals surface area contributed by atoms with Crippen molar-refractivity contribution < 1.29 is 0 Å². The van der Waals surface area contributed by atoms with Gasteiger partial charge in [-0.15, -0.1) is 0 Å². The van der Waals surface area contributed by atoms with Crippen LogP contribution in [0.25, 0.3) is 0 Å². The van der Waals surface area contributed by atoms with Crippen molar-refractivity contribution in [1.29, 1.82) is 0 Å². The molecule has 1 N–H and O–H groups in total. The van der Waals surface area contributed by atoms with Gasteiger partial charge in [-0.1, -0.05) is 27.2 Å². The van der Waals surface area contributed by atoms with E-state index in [1.165, 1.54) is 38.8 Å². The van der Waals surface area contributed by atoms with Gasteiger partial charge in [-0.25, -0.2) is 0 Å². The van der Waals surface area contributed by atoms with Crippen molar-refractivity contribution in [3.05, 3.63) is 0 Å². The van der Waals surface area contributed by atoms with Crippen LogP contribution in [0.5, 0.6) is 0 Å². The number of nitrogens with zero attached hydrogens (tertiary/aromatic N) is 1. The molecule has 0 aliphatic carbocycles. The Morgan fingerprint density at radius 3 is 2.62 bits per heavy atom. The Balaban J connectivity index is 2.56. The highest BCUT2D eigenvalue weighted by atomic mass is 15.2. The minimum atomic E-state index is 0.361. The molecular weight excluding hydrogens is 196 g/mol. The molecule has 0 radical (unpaired) electrons. The maximum atomic E-state index is 3.40. The molecule has 2 heteroatoms. The minimum Gasteiger partial charge on any atom is -0.317 e. The number of likely N-dealkylation sites (tertiary alicyclic amines) is 1. The molecule has 0 aromatic heterocycles. The molecule has 0 spiro atoms. The Bertz CT molecular complexity index is 201. The van der Waals surface area contributed by atoms with Crippen molar-refractivity contribution >= 4 is 0 Å². The summed E-state index contributed by atoms with van der Waals surface area (Å²) in [4.78, 5) is 2.72. The third kappa shape index (κ3) is 3.46. The molecule has 2 atom stereocenters. The zero-order valence-electron chi connectivity index (χ0n) is 11.8. The molecule has 0 aromatic rings. The second-order valence-corrected chi connectivity index (χ2v) is 6.03. The Kier molecular flexibility index (Phi) is 5.26. The van der Waals surface area contributed by atoms with Crippen LogP contribution in [-0.2, 0) is 0 Å². The zero-order valence-corrected chi connectivity index (χ0v) is 11.8. The van der Waals surface area contributed by atoms with Gasteiger partial charge >= 0.3 is 0 Å². The Morgan fingerprint density at radius 2 is 2.06 bits per heavy atom. The lowest BCUT2D eigenvalue weighted by molar-refractivity contribution is 0.0783. The van der Waals surface area contributed by atoms with E-state index in [-0.39, 0.29) is 0 Å². The monoisotopic (exact) mass is 226 g/mol. The molecule has 1 fully saturated rings. The van der Waals surface area contributed by atoms with E-state index in [4.69, 9.17) is 0 Å². The lowest BCUT2D eigenvalue weighted by Crippen LogP contribution is -2.50. The van der Waals surface area contributed by atoms with Crippen molar-refractivity contribution in [1.82, 2.24) is 10.2 Å². The molecule has 0 amide bonds. The van der Waals surface area contributed by atoms with Crippen molar-refractivity contribution in [2.75, 3.05) is 20.1 Å². The lowest BCUT2D eigenvalue weighted by Gasteiger charge is -2.42. The average molecular weight is 226 g/mol. The first-order chi connectivity index (χ1) is 7.51. The van der Waals surface area contributed by atoms with Gasteiger partial charge in [0.05, 0.1) is 0 Å². The summed E-state index contributed by atoms with van der Waals surface area (Å²) in [5.41, 5.74) is 0.361. The molecule has 96 valence electrons. The first-order valence-electron chi connectivity index (χ1n) is 6.92.